The van der Waals surface area contributed by atoms with Gasteiger partial charge in [-0.1, -0.05) is 29.9 Å². The Labute approximate surface area is 125 Å². The normalized spacial score (nSPS) is 25.4. The van der Waals surface area contributed by atoms with Crippen LogP contribution in [-0.4, -0.2) is 40.3 Å². The van der Waals surface area contributed by atoms with E-state index in [-0.39, 0.29) is 24.0 Å². The number of aromatic hydroxyl groups is 1. The minimum Gasteiger partial charge on any atom is -0.508 e. The van der Waals surface area contributed by atoms with Gasteiger partial charge in [-0.05, 0) is 26.8 Å². The summed E-state index contributed by atoms with van der Waals surface area (Å²) in [7, 11) is 0. The minimum absolute atomic E-state index is 0.127. The molecular weight excluding hydrogens is 272 g/mol. The molecule has 4 nitrogen and oxygen atoms in total. The lowest BCUT2D eigenvalue weighted by Crippen LogP contribution is -2.49. The number of morpholine rings is 1. The van der Waals surface area contributed by atoms with Gasteiger partial charge in [-0.3, -0.25) is 4.90 Å². The van der Waals surface area contributed by atoms with Crippen LogP contribution >= 0.6 is 12.2 Å². The summed E-state index contributed by atoms with van der Waals surface area (Å²) in [5, 5.41) is 10.1. The molecule has 2 rings (SSSR count). The molecule has 0 radical (unpaired) electrons. The lowest BCUT2D eigenvalue weighted by Gasteiger charge is -2.40. The van der Waals surface area contributed by atoms with E-state index in [4.69, 9.17) is 22.7 Å². The maximum absolute atomic E-state index is 10.1. The van der Waals surface area contributed by atoms with Crippen LogP contribution in [0.2, 0.25) is 0 Å². The summed E-state index contributed by atoms with van der Waals surface area (Å²) in [6.45, 7) is 7.56. The number of ether oxygens (including phenoxy) is 1. The van der Waals surface area contributed by atoms with Gasteiger partial charge < -0.3 is 15.6 Å². The number of hydrogen-bond acceptors (Lipinski definition) is 4. The van der Waals surface area contributed by atoms with E-state index in [0.717, 1.165) is 24.2 Å². The smallest absolute Gasteiger partial charge is 0.120 e. The highest BCUT2D eigenvalue weighted by molar-refractivity contribution is 7.80. The molecule has 0 aliphatic carbocycles. The number of rotatable bonds is 3. The number of benzene rings is 1. The summed E-state index contributed by atoms with van der Waals surface area (Å²) in [6.07, 6.45) is 0.255. The third kappa shape index (κ3) is 3.29. The van der Waals surface area contributed by atoms with Crippen molar-refractivity contribution >= 4 is 17.2 Å². The standard InChI is InChI=1S/C15H22N2O2S/c1-9-4-5-13(18)12(6-9)14(15(16)20)17-7-10(2)19-11(3)8-17/h4-6,10-11,14,18H,7-8H2,1-3H3,(H2,16,20). The van der Waals surface area contributed by atoms with Crippen LogP contribution in [0, 0.1) is 6.92 Å². The first-order chi connectivity index (χ1) is 9.38. The predicted octanol–water partition coefficient (Wildman–Crippen LogP) is 2.14. The van der Waals surface area contributed by atoms with Crippen molar-refractivity contribution in [3.05, 3.63) is 29.3 Å². The molecule has 1 saturated heterocycles. The molecule has 0 aromatic heterocycles. The Morgan fingerprint density at radius 1 is 1.40 bits per heavy atom. The van der Waals surface area contributed by atoms with E-state index in [1.807, 2.05) is 32.9 Å². The molecule has 3 unspecified atom stereocenters. The molecule has 0 bridgehead atoms. The molecule has 5 heteroatoms. The summed E-state index contributed by atoms with van der Waals surface area (Å²) >= 11 is 5.24. The van der Waals surface area contributed by atoms with Gasteiger partial charge in [0.25, 0.3) is 0 Å². The van der Waals surface area contributed by atoms with Crippen LogP contribution in [0.5, 0.6) is 5.75 Å². The maximum atomic E-state index is 10.1. The molecule has 1 heterocycles. The summed E-state index contributed by atoms with van der Waals surface area (Å²) in [5.74, 6) is 0.236. The summed E-state index contributed by atoms with van der Waals surface area (Å²) in [4.78, 5) is 2.57. The highest BCUT2D eigenvalue weighted by Gasteiger charge is 2.31. The molecule has 1 aromatic carbocycles. The SMILES string of the molecule is Cc1ccc(O)c(C(C(N)=S)N2CC(C)OC(C)C2)c1. The van der Waals surface area contributed by atoms with E-state index < -0.39 is 0 Å². The van der Waals surface area contributed by atoms with Crippen molar-refractivity contribution in [2.75, 3.05) is 13.1 Å². The molecule has 0 amide bonds. The third-order valence-electron chi connectivity index (χ3n) is 3.56. The van der Waals surface area contributed by atoms with Crippen molar-refractivity contribution in [3.63, 3.8) is 0 Å². The van der Waals surface area contributed by atoms with Gasteiger partial charge in [0.2, 0.25) is 0 Å². The molecule has 1 aliphatic rings. The fraction of sp³-hybridized carbons (Fsp3) is 0.533. The van der Waals surface area contributed by atoms with Gasteiger partial charge in [0.05, 0.1) is 23.2 Å². The number of nitrogens with two attached hydrogens (primary N) is 1. The lowest BCUT2D eigenvalue weighted by atomic mass is 10.00. The average Bonchev–Trinajstić information content (AvgIpc) is 2.32. The van der Waals surface area contributed by atoms with Gasteiger partial charge in [0.1, 0.15) is 5.75 Å². The number of phenols is 1. The number of phenolic OH excluding ortho intramolecular Hbond substituents is 1. The molecule has 1 aliphatic heterocycles. The highest BCUT2D eigenvalue weighted by Crippen LogP contribution is 2.31. The second-order valence-corrected chi connectivity index (χ2v) is 6.05. The van der Waals surface area contributed by atoms with Crippen LogP contribution in [0.4, 0.5) is 0 Å². The van der Waals surface area contributed by atoms with Crippen LogP contribution in [0.3, 0.4) is 0 Å². The number of aryl methyl sites for hydroxylation is 1. The Kier molecular flexibility index (Phi) is 4.62. The Hall–Kier alpha value is -1.17. The molecule has 1 aromatic rings. The second-order valence-electron chi connectivity index (χ2n) is 5.58. The second kappa shape index (κ2) is 6.08. The zero-order valence-corrected chi connectivity index (χ0v) is 13.0. The van der Waals surface area contributed by atoms with E-state index >= 15 is 0 Å². The van der Waals surface area contributed by atoms with Crippen molar-refractivity contribution in [1.82, 2.24) is 4.90 Å². The van der Waals surface area contributed by atoms with Gasteiger partial charge in [-0.15, -0.1) is 0 Å². The van der Waals surface area contributed by atoms with Crippen LogP contribution in [0.15, 0.2) is 18.2 Å². The maximum Gasteiger partial charge on any atom is 0.120 e. The van der Waals surface area contributed by atoms with E-state index in [2.05, 4.69) is 4.90 Å². The molecule has 0 saturated carbocycles. The van der Waals surface area contributed by atoms with Crippen LogP contribution in [-0.2, 0) is 4.74 Å². The Balaban J connectivity index is 2.36. The van der Waals surface area contributed by atoms with E-state index in [1.165, 1.54) is 0 Å². The minimum atomic E-state index is -0.251. The first-order valence-corrected chi connectivity index (χ1v) is 7.27. The van der Waals surface area contributed by atoms with Crippen LogP contribution < -0.4 is 5.73 Å². The van der Waals surface area contributed by atoms with Crippen LogP contribution in [0.25, 0.3) is 0 Å². The first-order valence-electron chi connectivity index (χ1n) is 6.87. The number of hydrogen-bond donors (Lipinski definition) is 2. The van der Waals surface area contributed by atoms with E-state index in [9.17, 15) is 5.11 Å². The monoisotopic (exact) mass is 294 g/mol. The van der Waals surface area contributed by atoms with Gasteiger partial charge >= 0.3 is 0 Å². The lowest BCUT2D eigenvalue weighted by molar-refractivity contribution is -0.0738. The fourth-order valence-corrected chi connectivity index (χ4v) is 3.13. The summed E-state index contributed by atoms with van der Waals surface area (Å²) in [6, 6.07) is 5.27. The zero-order chi connectivity index (χ0) is 14.9. The van der Waals surface area contributed by atoms with Crippen molar-refractivity contribution in [2.45, 2.75) is 39.0 Å². The van der Waals surface area contributed by atoms with Crippen molar-refractivity contribution < 1.29 is 9.84 Å². The van der Waals surface area contributed by atoms with Crippen molar-refractivity contribution in [3.8, 4) is 5.75 Å². The number of thiocarbonyl (C=S) groups is 1. The fourth-order valence-electron chi connectivity index (χ4n) is 2.85. The van der Waals surface area contributed by atoms with Gasteiger partial charge in [0, 0.05) is 18.7 Å². The molecule has 0 spiro atoms. The zero-order valence-electron chi connectivity index (χ0n) is 12.2. The molecular formula is C15H22N2O2S. The van der Waals surface area contributed by atoms with E-state index in [1.54, 1.807) is 6.07 Å². The third-order valence-corrected chi connectivity index (χ3v) is 3.78. The van der Waals surface area contributed by atoms with Crippen LogP contribution in [0.1, 0.15) is 31.0 Å². The first kappa shape index (κ1) is 15.2. The summed E-state index contributed by atoms with van der Waals surface area (Å²) < 4.78 is 5.75. The Morgan fingerprint density at radius 2 is 2.00 bits per heavy atom. The van der Waals surface area contributed by atoms with E-state index in [0.29, 0.717) is 4.99 Å². The molecule has 3 atom stereocenters. The Morgan fingerprint density at radius 3 is 2.55 bits per heavy atom. The molecule has 20 heavy (non-hydrogen) atoms. The quantitative estimate of drug-likeness (QED) is 0.837. The van der Waals surface area contributed by atoms with Crippen molar-refractivity contribution in [2.24, 2.45) is 5.73 Å². The average molecular weight is 294 g/mol. The summed E-state index contributed by atoms with van der Waals surface area (Å²) in [5.41, 5.74) is 7.80. The van der Waals surface area contributed by atoms with Gasteiger partial charge in [-0.25, -0.2) is 0 Å². The highest BCUT2D eigenvalue weighted by atomic mass is 32.1. The predicted molar refractivity (Wildman–Crippen MR) is 84.0 cm³/mol. The molecule has 1 fully saturated rings. The van der Waals surface area contributed by atoms with Gasteiger partial charge in [0.15, 0.2) is 0 Å². The Bertz CT molecular complexity index is 497. The molecule has 110 valence electrons. The largest absolute Gasteiger partial charge is 0.508 e. The molecule has 3 N–H and O–H groups in total. The number of nitrogens with zero attached hydrogens (tertiary/aromatic N) is 1. The van der Waals surface area contributed by atoms with Gasteiger partial charge in [-0.2, -0.15) is 0 Å². The van der Waals surface area contributed by atoms with Crippen molar-refractivity contribution in [1.29, 1.82) is 0 Å². The topological polar surface area (TPSA) is 58.7 Å².